The molecule has 0 aromatic carbocycles. The Kier molecular flexibility index (Phi) is 4.21. The molecule has 1 saturated heterocycles. The summed E-state index contributed by atoms with van der Waals surface area (Å²) in [6.07, 6.45) is 2.46. The summed E-state index contributed by atoms with van der Waals surface area (Å²) < 4.78 is 0. The quantitative estimate of drug-likeness (QED) is 0.898. The summed E-state index contributed by atoms with van der Waals surface area (Å²) in [5, 5.41) is 8.61. The van der Waals surface area contributed by atoms with Crippen LogP contribution < -0.4 is 5.73 Å². The number of amides is 1. The van der Waals surface area contributed by atoms with Gasteiger partial charge in [0.25, 0.3) is 5.91 Å². The number of nitrogens with zero attached hydrogens (tertiary/aromatic N) is 3. The Balaban J connectivity index is 1.60. The normalized spacial score (nSPS) is 16.9. The van der Waals surface area contributed by atoms with Crippen molar-refractivity contribution in [1.82, 2.24) is 20.0 Å². The van der Waals surface area contributed by atoms with Crippen molar-refractivity contribution in [2.75, 3.05) is 31.9 Å². The monoisotopic (exact) mass is 305 g/mol. The smallest absolute Gasteiger partial charge is 0.274 e. The molecule has 112 valence electrons. The number of nitrogens with one attached hydrogen (secondary N) is 1. The first-order valence-electron chi connectivity index (χ1n) is 7.07. The maximum atomic E-state index is 12.4. The average Bonchev–Trinajstić information content (AvgIpc) is 3.07. The molecule has 6 nitrogen and oxygen atoms in total. The molecule has 3 N–H and O–H groups in total. The summed E-state index contributed by atoms with van der Waals surface area (Å²) in [7, 11) is 0. The maximum absolute atomic E-state index is 12.4. The molecule has 0 radical (unpaired) electrons. The van der Waals surface area contributed by atoms with Crippen molar-refractivity contribution < 1.29 is 4.79 Å². The topological polar surface area (TPSA) is 78.2 Å². The number of H-pyrrole nitrogens is 1. The van der Waals surface area contributed by atoms with E-state index in [9.17, 15) is 4.79 Å². The molecule has 1 fully saturated rings. The summed E-state index contributed by atoms with van der Waals surface area (Å²) in [5.41, 5.74) is 6.58. The van der Waals surface area contributed by atoms with Crippen molar-refractivity contribution in [1.29, 1.82) is 0 Å². The third-order valence-corrected chi connectivity index (χ3v) is 4.58. The van der Waals surface area contributed by atoms with Gasteiger partial charge in [-0.05, 0) is 17.9 Å². The van der Waals surface area contributed by atoms with Gasteiger partial charge in [-0.25, -0.2) is 0 Å². The number of thiophene rings is 1. The number of hydrogen-bond acceptors (Lipinski definition) is 5. The van der Waals surface area contributed by atoms with Crippen LogP contribution in [0.5, 0.6) is 0 Å². The lowest BCUT2D eigenvalue weighted by atomic mass is 10.3. The van der Waals surface area contributed by atoms with Gasteiger partial charge in [0.05, 0.1) is 11.9 Å². The summed E-state index contributed by atoms with van der Waals surface area (Å²) in [6.45, 7) is 4.35. The number of aromatic nitrogens is 2. The molecular weight excluding hydrogens is 286 g/mol. The Hall–Kier alpha value is -1.86. The van der Waals surface area contributed by atoms with Gasteiger partial charge < -0.3 is 10.6 Å². The van der Waals surface area contributed by atoms with E-state index in [1.165, 1.54) is 11.1 Å². The van der Waals surface area contributed by atoms with E-state index in [0.29, 0.717) is 11.4 Å². The van der Waals surface area contributed by atoms with Gasteiger partial charge in [0, 0.05) is 37.6 Å². The van der Waals surface area contributed by atoms with E-state index in [-0.39, 0.29) is 5.91 Å². The van der Waals surface area contributed by atoms with E-state index >= 15 is 0 Å². The Bertz CT molecular complexity index is 594. The molecule has 3 rings (SSSR count). The molecule has 3 heterocycles. The molecule has 0 spiro atoms. The zero-order valence-electron chi connectivity index (χ0n) is 11.8. The first-order chi connectivity index (χ1) is 10.2. The summed E-state index contributed by atoms with van der Waals surface area (Å²) in [4.78, 5) is 18.0. The number of nitrogens with two attached hydrogens (primary N) is 1. The molecular formula is C14H19N5OS. The standard InChI is InChI=1S/C14H19N5OS/c15-12-9-16-17-13(12)14(20)19-5-2-4-18(6-7-19)10-11-3-1-8-21-11/h1,3,8-9H,2,4-7,10,15H2,(H,16,17). The van der Waals surface area contributed by atoms with Crippen LogP contribution in [0.3, 0.4) is 0 Å². The van der Waals surface area contributed by atoms with Crippen molar-refractivity contribution in [3.05, 3.63) is 34.3 Å². The predicted octanol–water partition coefficient (Wildman–Crippen LogP) is 1.40. The zero-order chi connectivity index (χ0) is 14.7. The van der Waals surface area contributed by atoms with Gasteiger partial charge in [-0.3, -0.25) is 14.8 Å². The lowest BCUT2D eigenvalue weighted by Crippen LogP contribution is -2.35. The Labute approximate surface area is 127 Å². The Morgan fingerprint density at radius 1 is 1.38 bits per heavy atom. The lowest BCUT2D eigenvalue weighted by molar-refractivity contribution is 0.0756. The fourth-order valence-electron chi connectivity index (χ4n) is 2.58. The van der Waals surface area contributed by atoms with Crippen LogP contribution in [0.1, 0.15) is 21.8 Å². The van der Waals surface area contributed by atoms with E-state index in [4.69, 9.17) is 5.73 Å². The molecule has 1 amide bonds. The number of anilines is 1. The number of aromatic amines is 1. The van der Waals surface area contributed by atoms with Crippen LogP contribution in [0.4, 0.5) is 5.69 Å². The number of carbonyl (C=O) groups excluding carboxylic acids is 1. The first kappa shape index (κ1) is 14.1. The molecule has 2 aromatic heterocycles. The third-order valence-electron chi connectivity index (χ3n) is 3.72. The van der Waals surface area contributed by atoms with Gasteiger partial charge in [0.1, 0.15) is 5.69 Å². The van der Waals surface area contributed by atoms with Crippen LogP contribution in [0.25, 0.3) is 0 Å². The molecule has 0 saturated carbocycles. The second kappa shape index (κ2) is 6.28. The van der Waals surface area contributed by atoms with Crippen molar-refractivity contribution in [2.24, 2.45) is 0 Å². The van der Waals surface area contributed by atoms with E-state index in [2.05, 4.69) is 32.6 Å². The largest absolute Gasteiger partial charge is 0.396 e. The van der Waals surface area contributed by atoms with Crippen LogP contribution in [0.2, 0.25) is 0 Å². The number of rotatable bonds is 3. The molecule has 0 aliphatic carbocycles. The number of nitrogen functional groups attached to an aromatic ring is 1. The number of carbonyl (C=O) groups is 1. The summed E-state index contributed by atoms with van der Waals surface area (Å²) in [6, 6.07) is 4.23. The van der Waals surface area contributed by atoms with Gasteiger partial charge in [0.15, 0.2) is 0 Å². The van der Waals surface area contributed by atoms with Crippen molar-refractivity contribution in [2.45, 2.75) is 13.0 Å². The minimum Gasteiger partial charge on any atom is -0.396 e. The second-order valence-corrected chi connectivity index (χ2v) is 6.23. The van der Waals surface area contributed by atoms with E-state index in [1.807, 2.05) is 4.90 Å². The van der Waals surface area contributed by atoms with Crippen LogP contribution >= 0.6 is 11.3 Å². The van der Waals surface area contributed by atoms with Crippen LogP contribution in [-0.2, 0) is 6.54 Å². The van der Waals surface area contributed by atoms with Crippen molar-refractivity contribution >= 4 is 22.9 Å². The highest BCUT2D eigenvalue weighted by molar-refractivity contribution is 7.09. The lowest BCUT2D eigenvalue weighted by Gasteiger charge is -2.21. The average molecular weight is 305 g/mol. The van der Waals surface area contributed by atoms with Gasteiger partial charge >= 0.3 is 0 Å². The summed E-state index contributed by atoms with van der Waals surface area (Å²) in [5.74, 6) is -0.0528. The number of hydrogen-bond donors (Lipinski definition) is 2. The highest BCUT2D eigenvalue weighted by Crippen LogP contribution is 2.16. The Morgan fingerprint density at radius 2 is 2.29 bits per heavy atom. The molecule has 2 aromatic rings. The SMILES string of the molecule is Nc1cn[nH]c1C(=O)N1CCCN(Cc2cccs2)CC1. The van der Waals surface area contributed by atoms with Crippen LogP contribution in [0.15, 0.2) is 23.7 Å². The molecule has 1 aliphatic rings. The fourth-order valence-corrected chi connectivity index (χ4v) is 3.33. The highest BCUT2D eigenvalue weighted by atomic mass is 32.1. The fraction of sp³-hybridized carbons (Fsp3) is 0.429. The van der Waals surface area contributed by atoms with Crippen LogP contribution in [0, 0.1) is 0 Å². The molecule has 1 aliphatic heterocycles. The van der Waals surface area contributed by atoms with Gasteiger partial charge in [-0.15, -0.1) is 11.3 Å². The first-order valence-corrected chi connectivity index (χ1v) is 7.95. The van der Waals surface area contributed by atoms with E-state index in [1.54, 1.807) is 11.3 Å². The predicted molar refractivity (Wildman–Crippen MR) is 83.1 cm³/mol. The van der Waals surface area contributed by atoms with Crippen molar-refractivity contribution in [3.63, 3.8) is 0 Å². The van der Waals surface area contributed by atoms with Gasteiger partial charge in [-0.2, -0.15) is 5.10 Å². The molecule has 0 atom stereocenters. The molecule has 21 heavy (non-hydrogen) atoms. The minimum atomic E-state index is -0.0528. The van der Waals surface area contributed by atoms with Crippen LogP contribution in [-0.4, -0.2) is 52.1 Å². The van der Waals surface area contributed by atoms with E-state index < -0.39 is 0 Å². The van der Waals surface area contributed by atoms with Gasteiger partial charge in [-0.1, -0.05) is 6.07 Å². The highest BCUT2D eigenvalue weighted by Gasteiger charge is 2.22. The van der Waals surface area contributed by atoms with E-state index in [0.717, 1.165) is 39.1 Å². The summed E-state index contributed by atoms with van der Waals surface area (Å²) >= 11 is 1.78. The molecule has 7 heteroatoms. The molecule has 0 unspecified atom stereocenters. The Morgan fingerprint density at radius 3 is 3.00 bits per heavy atom. The zero-order valence-corrected chi connectivity index (χ0v) is 12.6. The third kappa shape index (κ3) is 3.25. The minimum absolute atomic E-state index is 0.0528. The maximum Gasteiger partial charge on any atom is 0.274 e. The second-order valence-electron chi connectivity index (χ2n) is 5.20. The van der Waals surface area contributed by atoms with Gasteiger partial charge in [0.2, 0.25) is 0 Å². The van der Waals surface area contributed by atoms with Crippen molar-refractivity contribution in [3.8, 4) is 0 Å². The molecule has 0 bridgehead atoms.